The lowest BCUT2D eigenvalue weighted by Crippen LogP contribution is -2.00. The summed E-state index contributed by atoms with van der Waals surface area (Å²) in [5.74, 6) is -0.469. The fourth-order valence-corrected chi connectivity index (χ4v) is 1.07. The quantitative estimate of drug-likeness (QED) is 0.670. The SMILES string of the molecule is C=C(F)C(OC)c1ccccc1. The molecule has 0 radical (unpaired) electrons. The second kappa shape index (κ2) is 4.02. The highest BCUT2D eigenvalue weighted by molar-refractivity contribution is 5.22. The molecule has 1 atom stereocenters. The van der Waals surface area contributed by atoms with Crippen molar-refractivity contribution in [2.24, 2.45) is 0 Å². The van der Waals surface area contributed by atoms with Gasteiger partial charge in [0.1, 0.15) is 11.9 Å². The maximum atomic E-state index is 12.7. The van der Waals surface area contributed by atoms with Crippen molar-refractivity contribution < 1.29 is 9.13 Å². The minimum Gasteiger partial charge on any atom is -0.370 e. The van der Waals surface area contributed by atoms with Gasteiger partial charge in [-0.25, -0.2) is 4.39 Å². The molecule has 0 aliphatic carbocycles. The second-order valence-corrected chi connectivity index (χ2v) is 2.47. The molecule has 12 heavy (non-hydrogen) atoms. The molecule has 1 rings (SSSR count). The van der Waals surface area contributed by atoms with Crippen LogP contribution in [0.4, 0.5) is 4.39 Å². The predicted molar refractivity (Wildman–Crippen MR) is 46.4 cm³/mol. The topological polar surface area (TPSA) is 9.23 Å². The zero-order valence-electron chi connectivity index (χ0n) is 6.96. The Bertz CT molecular complexity index is 256. The van der Waals surface area contributed by atoms with E-state index in [1.807, 2.05) is 18.2 Å². The summed E-state index contributed by atoms with van der Waals surface area (Å²) in [6, 6.07) is 9.16. The first-order valence-corrected chi connectivity index (χ1v) is 3.67. The van der Waals surface area contributed by atoms with Crippen molar-refractivity contribution >= 4 is 0 Å². The molecule has 0 N–H and O–H groups in total. The first-order chi connectivity index (χ1) is 5.75. The van der Waals surface area contributed by atoms with E-state index in [0.717, 1.165) is 5.56 Å². The average Bonchev–Trinajstić information content (AvgIpc) is 2.07. The number of hydrogen-bond donors (Lipinski definition) is 0. The molecule has 0 heterocycles. The summed E-state index contributed by atoms with van der Waals surface area (Å²) in [5, 5.41) is 0. The number of benzene rings is 1. The van der Waals surface area contributed by atoms with E-state index in [0.29, 0.717) is 0 Å². The Kier molecular flexibility index (Phi) is 3.00. The predicted octanol–water partition coefficient (Wildman–Crippen LogP) is 2.86. The summed E-state index contributed by atoms with van der Waals surface area (Å²) in [5.41, 5.74) is 0.785. The van der Waals surface area contributed by atoms with Crippen LogP contribution in [-0.4, -0.2) is 7.11 Å². The van der Waals surface area contributed by atoms with Gasteiger partial charge in [0.05, 0.1) is 0 Å². The average molecular weight is 166 g/mol. The first-order valence-electron chi connectivity index (χ1n) is 3.67. The Balaban J connectivity index is 2.88. The fraction of sp³-hybridized carbons (Fsp3) is 0.200. The molecule has 0 saturated carbocycles. The van der Waals surface area contributed by atoms with E-state index >= 15 is 0 Å². The van der Waals surface area contributed by atoms with Gasteiger partial charge in [0.2, 0.25) is 0 Å². The lowest BCUT2D eigenvalue weighted by molar-refractivity contribution is 0.114. The number of methoxy groups -OCH3 is 1. The van der Waals surface area contributed by atoms with Crippen molar-refractivity contribution in [3.8, 4) is 0 Å². The van der Waals surface area contributed by atoms with Gasteiger partial charge in [0, 0.05) is 7.11 Å². The van der Waals surface area contributed by atoms with E-state index in [-0.39, 0.29) is 0 Å². The Morgan fingerprint density at radius 1 is 1.42 bits per heavy atom. The molecule has 0 fully saturated rings. The van der Waals surface area contributed by atoms with E-state index in [1.165, 1.54) is 7.11 Å². The van der Waals surface area contributed by atoms with Crippen molar-refractivity contribution in [1.29, 1.82) is 0 Å². The zero-order chi connectivity index (χ0) is 8.97. The summed E-state index contributed by atoms with van der Waals surface area (Å²) in [6.45, 7) is 3.21. The number of ether oxygens (including phenoxy) is 1. The van der Waals surface area contributed by atoms with E-state index in [4.69, 9.17) is 4.74 Å². The molecule has 1 aromatic rings. The number of halogens is 1. The van der Waals surface area contributed by atoms with Gasteiger partial charge in [-0.1, -0.05) is 36.9 Å². The van der Waals surface area contributed by atoms with Gasteiger partial charge in [-0.05, 0) is 5.56 Å². The van der Waals surface area contributed by atoms with Crippen LogP contribution in [0.2, 0.25) is 0 Å². The van der Waals surface area contributed by atoms with E-state index in [2.05, 4.69) is 6.58 Å². The fourth-order valence-electron chi connectivity index (χ4n) is 1.07. The van der Waals surface area contributed by atoms with Crippen LogP contribution in [-0.2, 0) is 4.74 Å². The van der Waals surface area contributed by atoms with Gasteiger partial charge in [-0.2, -0.15) is 0 Å². The maximum Gasteiger partial charge on any atom is 0.133 e. The standard InChI is InChI=1S/C10H11FO/c1-8(11)10(12-2)9-6-4-3-5-7-9/h3-7,10H,1H2,2H3. The lowest BCUT2D eigenvalue weighted by atomic mass is 10.1. The third kappa shape index (κ3) is 1.92. The van der Waals surface area contributed by atoms with Crippen LogP contribution in [0.5, 0.6) is 0 Å². The van der Waals surface area contributed by atoms with E-state index in [1.54, 1.807) is 12.1 Å². The highest BCUT2D eigenvalue weighted by Gasteiger charge is 2.12. The van der Waals surface area contributed by atoms with Crippen LogP contribution < -0.4 is 0 Å². The molecule has 0 aliphatic rings. The lowest BCUT2D eigenvalue weighted by Gasteiger charge is -2.12. The van der Waals surface area contributed by atoms with Crippen molar-refractivity contribution in [3.63, 3.8) is 0 Å². The second-order valence-electron chi connectivity index (χ2n) is 2.47. The summed E-state index contributed by atoms with van der Waals surface area (Å²) in [7, 11) is 1.46. The summed E-state index contributed by atoms with van der Waals surface area (Å²) < 4.78 is 17.7. The minimum atomic E-state index is -0.633. The molecular weight excluding hydrogens is 155 g/mol. The third-order valence-electron chi connectivity index (χ3n) is 1.62. The molecule has 1 nitrogen and oxygen atoms in total. The van der Waals surface area contributed by atoms with Crippen LogP contribution in [0.25, 0.3) is 0 Å². The van der Waals surface area contributed by atoms with Gasteiger partial charge in [0.15, 0.2) is 0 Å². The van der Waals surface area contributed by atoms with Crippen molar-refractivity contribution in [2.75, 3.05) is 7.11 Å². The number of hydrogen-bond acceptors (Lipinski definition) is 1. The molecule has 1 unspecified atom stereocenters. The van der Waals surface area contributed by atoms with Crippen LogP contribution in [0, 0.1) is 0 Å². The van der Waals surface area contributed by atoms with Crippen LogP contribution in [0.15, 0.2) is 42.7 Å². The highest BCUT2D eigenvalue weighted by Crippen LogP contribution is 2.23. The van der Waals surface area contributed by atoms with Crippen LogP contribution in [0.1, 0.15) is 11.7 Å². The summed E-state index contributed by atoms with van der Waals surface area (Å²) in [6.07, 6.45) is -0.633. The molecule has 0 amide bonds. The molecule has 1 aromatic carbocycles. The van der Waals surface area contributed by atoms with Crippen molar-refractivity contribution in [2.45, 2.75) is 6.10 Å². The van der Waals surface area contributed by atoms with Crippen molar-refractivity contribution in [1.82, 2.24) is 0 Å². The monoisotopic (exact) mass is 166 g/mol. The van der Waals surface area contributed by atoms with Gasteiger partial charge in [-0.15, -0.1) is 0 Å². The molecular formula is C10H11FO. The molecule has 0 aromatic heterocycles. The first kappa shape index (κ1) is 8.94. The Morgan fingerprint density at radius 3 is 2.42 bits per heavy atom. The Morgan fingerprint density at radius 2 is 2.00 bits per heavy atom. The molecule has 0 aliphatic heterocycles. The molecule has 64 valence electrons. The van der Waals surface area contributed by atoms with Crippen LogP contribution in [0.3, 0.4) is 0 Å². The summed E-state index contributed by atoms with van der Waals surface area (Å²) in [4.78, 5) is 0. The molecule has 0 spiro atoms. The third-order valence-corrected chi connectivity index (χ3v) is 1.62. The normalized spacial score (nSPS) is 12.5. The van der Waals surface area contributed by atoms with Crippen molar-refractivity contribution in [3.05, 3.63) is 48.3 Å². The largest absolute Gasteiger partial charge is 0.370 e. The minimum absolute atomic E-state index is 0.469. The van der Waals surface area contributed by atoms with Gasteiger partial charge in [0.25, 0.3) is 0 Å². The van der Waals surface area contributed by atoms with E-state index in [9.17, 15) is 4.39 Å². The molecule has 0 bridgehead atoms. The molecule has 0 saturated heterocycles. The van der Waals surface area contributed by atoms with Gasteiger partial charge < -0.3 is 4.74 Å². The highest BCUT2D eigenvalue weighted by atomic mass is 19.1. The maximum absolute atomic E-state index is 12.7. The van der Waals surface area contributed by atoms with Gasteiger partial charge in [-0.3, -0.25) is 0 Å². The molecule has 2 heteroatoms. The van der Waals surface area contributed by atoms with E-state index < -0.39 is 11.9 Å². The Labute approximate surface area is 71.5 Å². The Hall–Kier alpha value is -1.15. The van der Waals surface area contributed by atoms with Crippen LogP contribution >= 0.6 is 0 Å². The number of rotatable bonds is 3. The van der Waals surface area contributed by atoms with Gasteiger partial charge >= 0.3 is 0 Å². The summed E-state index contributed by atoms with van der Waals surface area (Å²) >= 11 is 0. The zero-order valence-corrected chi connectivity index (χ0v) is 6.96. The smallest absolute Gasteiger partial charge is 0.133 e.